The van der Waals surface area contributed by atoms with Crippen LogP contribution in [-0.2, 0) is 5.60 Å². The molecule has 4 nitrogen and oxygen atoms in total. The quantitative estimate of drug-likeness (QED) is 0.905. The van der Waals surface area contributed by atoms with Crippen LogP contribution in [0.3, 0.4) is 0 Å². The van der Waals surface area contributed by atoms with Gasteiger partial charge in [-0.2, -0.15) is 0 Å². The molecule has 128 valence electrons. The topological polar surface area (TPSA) is 35.9 Å². The van der Waals surface area contributed by atoms with Crippen molar-refractivity contribution in [1.82, 2.24) is 9.80 Å². The van der Waals surface area contributed by atoms with Gasteiger partial charge < -0.3 is 19.6 Å². The minimum atomic E-state index is -0.676. The van der Waals surface area contributed by atoms with Crippen molar-refractivity contribution in [3.05, 3.63) is 29.8 Å². The van der Waals surface area contributed by atoms with Gasteiger partial charge in [0.05, 0.1) is 5.60 Å². The maximum atomic E-state index is 11.2. The Morgan fingerprint density at radius 2 is 1.78 bits per heavy atom. The number of likely N-dealkylation sites (N-methyl/N-ethyl adjacent to an activating group) is 1. The molecule has 4 heteroatoms. The van der Waals surface area contributed by atoms with Crippen molar-refractivity contribution >= 4 is 0 Å². The first kappa shape index (κ1) is 16.7. The fourth-order valence-electron chi connectivity index (χ4n) is 4.09. The third-order valence-electron chi connectivity index (χ3n) is 5.57. The van der Waals surface area contributed by atoms with Crippen molar-refractivity contribution in [3.63, 3.8) is 0 Å². The summed E-state index contributed by atoms with van der Waals surface area (Å²) in [6.45, 7) is 1.59. The Morgan fingerprint density at radius 1 is 1.17 bits per heavy atom. The van der Waals surface area contributed by atoms with Crippen molar-refractivity contribution in [3.8, 4) is 5.75 Å². The predicted octanol–water partition coefficient (Wildman–Crippen LogP) is 2.46. The SMILES string of the molecule is CN(C)CCOc1ccc(C2(O)CC3CCCC(C2)N3C)cc1. The Bertz CT molecular complexity index is 501. The van der Waals surface area contributed by atoms with Crippen LogP contribution in [0.15, 0.2) is 24.3 Å². The summed E-state index contributed by atoms with van der Waals surface area (Å²) in [6, 6.07) is 9.12. The molecule has 0 radical (unpaired) electrons. The highest BCUT2D eigenvalue weighted by atomic mass is 16.5. The monoisotopic (exact) mass is 318 g/mol. The second-order valence-electron chi connectivity index (χ2n) is 7.52. The largest absolute Gasteiger partial charge is 0.492 e. The molecule has 1 aromatic carbocycles. The number of ether oxygens (including phenoxy) is 1. The first-order valence-electron chi connectivity index (χ1n) is 8.80. The van der Waals surface area contributed by atoms with Gasteiger partial charge in [0.25, 0.3) is 0 Å². The van der Waals surface area contributed by atoms with E-state index in [0.29, 0.717) is 18.7 Å². The van der Waals surface area contributed by atoms with Gasteiger partial charge in [0.1, 0.15) is 12.4 Å². The number of aliphatic hydroxyl groups is 1. The molecule has 2 bridgehead atoms. The van der Waals surface area contributed by atoms with Gasteiger partial charge in [-0.15, -0.1) is 0 Å². The minimum absolute atomic E-state index is 0.517. The van der Waals surface area contributed by atoms with E-state index in [2.05, 4.69) is 16.8 Å². The summed E-state index contributed by atoms with van der Waals surface area (Å²) < 4.78 is 5.75. The van der Waals surface area contributed by atoms with Crippen molar-refractivity contribution in [2.24, 2.45) is 0 Å². The van der Waals surface area contributed by atoms with Crippen molar-refractivity contribution in [2.45, 2.75) is 49.8 Å². The second-order valence-corrected chi connectivity index (χ2v) is 7.52. The van der Waals surface area contributed by atoms with Crippen LogP contribution in [0.2, 0.25) is 0 Å². The zero-order chi connectivity index (χ0) is 16.4. The number of fused-ring (bicyclic) bond motifs is 2. The lowest BCUT2D eigenvalue weighted by molar-refractivity contribution is -0.0874. The molecule has 0 aromatic heterocycles. The lowest BCUT2D eigenvalue weighted by Gasteiger charge is -2.50. The fourth-order valence-corrected chi connectivity index (χ4v) is 4.09. The highest BCUT2D eigenvalue weighted by Crippen LogP contribution is 2.43. The third kappa shape index (κ3) is 3.70. The lowest BCUT2D eigenvalue weighted by Crippen LogP contribution is -2.55. The number of nitrogens with zero attached hydrogens (tertiary/aromatic N) is 2. The smallest absolute Gasteiger partial charge is 0.119 e. The highest BCUT2D eigenvalue weighted by molar-refractivity contribution is 5.32. The third-order valence-corrected chi connectivity index (χ3v) is 5.57. The van der Waals surface area contributed by atoms with Crippen molar-refractivity contribution < 1.29 is 9.84 Å². The van der Waals surface area contributed by atoms with Crippen LogP contribution in [-0.4, -0.2) is 61.3 Å². The molecule has 0 saturated carbocycles. The van der Waals surface area contributed by atoms with Gasteiger partial charge in [-0.25, -0.2) is 0 Å². The van der Waals surface area contributed by atoms with Gasteiger partial charge in [-0.05, 0) is 64.5 Å². The van der Waals surface area contributed by atoms with E-state index in [4.69, 9.17) is 4.74 Å². The normalized spacial score (nSPS) is 31.3. The molecule has 2 fully saturated rings. The molecule has 2 saturated heterocycles. The molecular formula is C19H30N2O2. The summed E-state index contributed by atoms with van der Waals surface area (Å²) >= 11 is 0. The average molecular weight is 318 g/mol. The molecule has 1 N–H and O–H groups in total. The minimum Gasteiger partial charge on any atom is -0.492 e. The van der Waals surface area contributed by atoms with Crippen molar-refractivity contribution in [1.29, 1.82) is 0 Å². The summed E-state index contributed by atoms with van der Waals surface area (Å²) in [5, 5.41) is 11.2. The van der Waals surface area contributed by atoms with Gasteiger partial charge >= 0.3 is 0 Å². The predicted molar refractivity (Wildman–Crippen MR) is 92.8 cm³/mol. The van der Waals surface area contributed by atoms with Crippen LogP contribution in [0.1, 0.15) is 37.7 Å². The van der Waals surface area contributed by atoms with Crippen LogP contribution in [0.4, 0.5) is 0 Å². The Labute approximate surface area is 140 Å². The van der Waals surface area contributed by atoms with E-state index >= 15 is 0 Å². The van der Waals surface area contributed by atoms with E-state index in [1.54, 1.807) is 0 Å². The first-order valence-corrected chi connectivity index (χ1v) is 8.80. The summed E-state index contributed by atoms with van der Waals surface area (Å²) in [6.07, 6.45) is 5.41. The molecule has 2 unspecified atom stereocenters. The van der Waals surface area contributed by atoms with E-state index in [-0.39, 0.29) is 0 Å². The van der Waals surface area contributed by atoms with E-state index < -0.39 is 5.60 Å². The zero-order valence-corrected chi connectivity index (χ0v) is 14.7. The van der Waals surface area contributed by atoms with E-state index in [0.717, 1.165) is 30.7 Å². The number of benzene rings is 1. The van der Waals surface area contributed by atoms with Gasteiger partial charge in [-0.1, -0.05) is 18.6 Å². The Kier molecular flexibility index (Phi) is 4.95. The molecule has 2 heterocycles. The maximum Gasteiger partial charge on any atom is 0.119 e. The Morgan fingerprint density at radius 3 is 2.35 bits per heavy atom. The fraction of sp³-hybridized carbons (Fsp3) is 0.684. The lowest BCUT2D eigenvalue weighted by atomic mass is 9.73. The van der Waals surface area contributed by atoms with E-state index in [1.807, 2.05) is 38.4 Å². The molecule has 2 aliphatic heterocycles. The van der Waals surface area contributed by atoms with Crippen molar-refractivity contribution in [2.75, 3.05) is 34.3 Å². The molecule has 0 amide bonds. The average Bonchev–Trinajstić information content (AvgIpc) is 2.49. The van der Waals surface area contributed by atoms with Crippen LogP contribution < -0.4 is 4.74 Å². The van der Waals surface area contributed by atoms with Crippen LogP contribution in [0.25, 0.3) is 0 Å². The van der Waals surface area contributed by atoms with Gasteiger partial charge in [0.2, 0.25) is 0 Å². The molecule has 23 heavy (non-hydrogen) atoms. The highest BCUT2D eigenvalue weighted by Gasteiger charge is 2.44. The zero-order valence-electron chi connectivity index (χ0n) is 14.7. The van der Waals surface area contributed by atoms with Gasteiger partial charge in [-0.3, -0.25) is 0 Å². The number of hydrogen-bond acceptors (Lipinski definition) is 4. The molecule has 1 aromatic rings. The maximum absolute atomic E-state index is 11.2. The Hall–Kier alpha value is -1.10. The van der Waals surface area contributed by atoms with Gasteiger partial charge in [0.15, 0.2) is 0 Å². The number of rotatable bonds is 5. The standard InChI is InChI=1S/C19H30N2O2/c1-20(2)11-12-23-18-9-7-15(8-10-18)19(22)13-16-5-4-6-17(14-19)21(16)3/h7-10,16-17,22H,4-6,11-14H2,1-3H3. The molecule has 2 atom stereocenters. The van der Waals surface area contributed by atoms with Gasteiger partial charge in [0, 0.05) is 18.6 Å². The van der Waals surface area contributed by atoms with Crippen LogP contribution in [0, 0.1) is 0 Å². The van der Waals surface area contributed by atoms with Crippen LogP contribution >= 0.6 is 0 Å². The number of hydrogen-bond donors (Lipinski definition) is 1. The molecule has 0 aliphatic carbocycles. The molecular weight excluding hydrogens is 288 g/mol. The summed E-state index contributed by atoms with van der Waals surface area (Å²) in [4.78, 5) is 4.59. The van der Waals surface area contributed by atoms with E-state index in [9.17, 15) is 5.11 Å². The Balaban J connectivity index is 1.66. The molecule has 0 spiro atoms. The number of piperidine rings is 2. The van der Waals surface area contributed by atoms with Crippen LogP contribution in [0.5, 0.6) is 5.75 Å². The molecule has 2 aliphatic rings. The molecule has 3 rings (SSSR count). The summed E-state index contributed by atoms with van der Waals surface area (Å²) in [5.41, 5.74) is 0.368. The summed E-state index contributed by atoms with van der Waals surface area (Å²) in [7, 11) is 6.30. The van der Waals surface area contributed by atoms with E-state index in [1.165, 1.54) is 19.3 Å². The first-order chi connectivity index (χ1) is 11.0. The summed E-state index contributed by atoms with van der Waals surface area (Å²) in [5.74, 6) is 0.882. The second kappa shape index (κ2) is 6.80.